The van der Waals surface area contributed by atoms with E-state index >= 15 is 0 Å². The van der Waals surface area contributed by atoms with E-state index in [1.54, 1.807) is 9.80 Å². The number of carbonyl (C=O) groups excluding carboxylic acids is 2. The maximum atomic E-state index is 11.8. The molecule has 1 N–H and O–H groups in total. The lowest BCUT2D eigenvalue weighted by Gasteiger charge is -2.24. The highest BCUT2D eigenvalue weighted by Crippen LogP contribution is 2.09. The first kappa shape index (κ1) is 16.4. The predicted molar refractivity (Wildman–Crippen MR) is 67.0 cm³/mol. The quantitative estimate of drug-likeness (QED) is 0.593. The van der Waals surface area contributed by atoms with Gasteiger partial charge in [0.15, 0.2) is 0 Å². The monoisotopic (exact) mass is 258 g/mol. The minimum Gasteiger partial charge on any atom is -0.483 e. The number of carboxylic acid groups (broad SMARTS) is 1. The second kappa shape index (κ2) is 8.49. The van der Waals surface area contributed by atoms with Gasteiger partial charge in [-0.3, -0.25) is 14.4 Å². The van der Waals surface area contributed by atoms with Crippen molar-refractivity contribution in [3.63, 3.8) is 0 Å². The van der Waals surface area contributed by atoms with Gasteiger partial charge in [-0.05, 0) is 26.7 Å². The summed E-state index contributed by atoms with van der Waals surface area (Å²) in [5.74, 6) is -0.668. The lowest BCUT2D eigenvalue weighted by atomic mass is 10.3. The average molecular weight is 258 g/mol. The van der Waals surface area contributed by atoms with E-state index in [2.05, 4.69) is 0 Å². The van der Waals surface area contributed by atoms with Crippen molar-refractivity contribution < 1.29 is 19.5 Å². The number of amides is 2. The summed E-state index contributed by atoms with van der Waals surface area (Å²) in [6, 6.07) is 0.114. The van der Waals surface area contributed by atoms with Crippen LogP contribution in [-0.4, -0.2) is 58.9 Å². The second-order valence-electron chi connectivity index (χ2n) is 4.34. The maximum Gasteiger partial charge on any atom is 0.312 e. The van der Waals surface area contributed by atoms with Crippen LogP contribution in [0.15, 0.2) is 0 Å². The molecule has 0 aromatic rings. The highest BCUT2D eigenvalue weighted by atomic mass is 16.3. The van der Waals surface area contributed by atoms with Crippen LogP contribution in [-0.2, 0) is 14.4 Å². The first-order valence-electron chi connectivity index (χ1n) is 6.17. The van der Waals surface area contributed by atoms with E-state index in [4.69, 9.17) is 9.90 Å². The molecule has 6 heteroatoms. The van der Waals surface area contributed by atoms with Crippen LogP contribution in [0.25, 0.3) is 0 Å². The Bertz CT molecular complexity index is 292. The molecular formula is C12H22N2O4. The van der Waals surface area contributed by atoms with Gasteiger partial charge in [-0.25, -0.2) is 0 Å². The number of carbonyl (C=O) groups is 3. The van der Waals surface area contributed by atoms with Crippen LogP contribution in [0.3, 0.4) is 0 Å². The summed E-state index contributed by atoms with van der Waals surface area (Å²) in [5.41, 5.74) is 0. The van der Waals surface area contributed by atoms with Crippen LogP contribution in [0.4, 0.5) is 0 Å². The van der Waals surface area contributed by atoms with Crippen LogP contribution in [0.1, 0.15) is 33.6 Å². The van der Waals surface area contributed by atoms with Crippen LogP contribution in [0.5, 0.6) is 0 Å². The van der Waals surface area contributed by atoms with Gasteiger partial charge in [-0.2, -0.15) is 0 Å². The molecule has 18 heavy (non-hydrogen) atoms. The van der Waals surface area contributed by atoms with Crippen molar-refractivity contribution in [1.29, 1.82) is 0 Å². The van der Waals surface area contributed by atoms with E-state index < -0.39 is 0 Å². The summed E-state index contributed by atoms with van der Waals surface area (Å²) >= 11 is 0. The van der Waals surface area contributed by atoms with Crippen molar-refractivity contribution >= 4 is 18.3 Å². The average Bonchev–Trinajstić information content (AvgIpc) is 2.44. The number of hydrogen-bond acceptors (Lipinski definition) is 3. The van der Waals surface area contributed by atoms with Gasteiger partial charge in [-0.1, -0.05) is 6.92 Å². The molecule has 1 aliphatic heterocycles. The summed E-state index contributed by atoms with van der Waals surface area (Å²) in [6.07, 6.45) is 1.79. The Morgan fingerprint density at radius 1 is 1.28 bits per heavy atom. The number of hydrogen-bond donors (Lipinski definition) is 1. The molecule has 0 bridgehead atoms. The van der Waals surface area contributed by atoms with E-state index in [0.717, 1.165) is 12.8 Å². The molecule has 0 unspecified atom stereocenters. The minimum atomic E-state index is -0.337. The van der Waals surface area contributed by atoms with E-state index in [-0.39, 0.29) is 24.3 Å². The molecule has 104 valence electrons. The van der Waals surface area contributed by atoms with Gasteiger partial charge in [-0.15, -0.1) is 0 Å². The first-order valence-corrected chi connectivity index (χ1v) is 6.17. The van der Waals surface area contributed by atoms with Gasteiger partial charge in [0.25, 0.3) is 6.47 Å². The van der Waals surface area contributed by atoms with Crippen molar-refractivity contribution in [2.24, 2.45) is 0 Å². The predicted octanol–water partition coefficient (Wildman–Crippen LogP) is 0.567. The van der Waals surface area contributed by atoms with Gasteiger partial charge >= 0.3 is 11.8 Å². The fourth-order valence-electron chi connectivity index (χ4n) is 1.87. The van der Waals surface area contributed by atoms with Crippen molar-refractivity contribution in [3.05, 3.63) is 0 Å². The molecule has 1 heterocycles. The highest BCUT2D eigenvalue weighted by Gasteiger charge is 2.30. The van der Waals surface area contributed by atoms with Gasteiger partial charge in [0.2, 0.25) is 0 Å². The minimum absolute atomic E-state index is 0.114. The molecule has 1 aliphatic rings. The zero-order valence-electron chi connectivity index (χ0n) is 11.3. The second-order valence-corrected chi connectivity index (χ2v) is 4.34. The Balaban J connectivity index is 0.000000873. The third-order valence-electron chi connectivity index (χ3n) is 2.67. The molecule has 0 aromatic heterocycles. The Kier molecular flexibility index (Phi) is 7.74. The molecule has 0 atom stereocenters. The molecular weight excluding hydrogens is 236 g/mol. The molecule has 1 rings (SSSR count). The van der Waals surface area contributed by atoms with E-state index in [1.807, 2.05) is 20.8 Å². The van der Waals surface area contributed by atoms with Gasteiger partial charge in [0.1, 0.15) is 0 Å². The Morgan fingerprint density at radius 3 is 2.28 bits per heavy atom. The normalized spacial score (nSPS) is 16.2. The van der Waals surface area contributed by atoms with Crippen molar-refractivity contribution in [3.8, 4) is 0 Å². The summed E-state index contributed by atoms with van der Waals surface area (Å²) in [4.78, 5) is 35.3. The molecule has 2 amide bonds. The molecule has 0 saturated carbocycles. The van der Waals surface area contributed by atoms with Crippen LogP contribution in [0.2, 0.25) is 0 Å². The van der Waals surface area contributed by atoms with E-state index in [1.165, 1.54) is 0 Å². The van der Waals surface area contributed by atoms with Gasteiger partial charge < -0.3 is 14.9 Å². The van der Waals surface area contributed by atoms with Gasteiger partial charge in [0.05, 0.1) is 0 Å². The van der Waals surface area contributed by atoms with Crippen molar-refractivity contribution in [2.45, 2.75) is 39.7 Å². The zero-order valence-corrected chi connectivity index (χ0v) is 11.3. The molecule has 0 radical (unpaired) electrons. The Labute approximate surface area is 108 Å². The third kappa shape index (κ3) is 4.73. The summed E-state index contributed by atoms with van der Waals surface area (Å²) in [5, 5.41) is 6.89. The van der Waals surface area contributed by atoms with Crippen molar-refractivity contribution in [1.82, 2.24) is 9.80 Å². The van der Waals surface area contributed by atoms with E-state index in [0.29, 0.717) is 19.6 Å². The van der Waals surface area contributed by atoms with Crippen LogP contribution in [0, 0.1) is 0 Å². The zero-order chi connectivity index (χ0) is 14.1. The van der Waals surface area contributed by atoms with E-state index in [9.17, 15) is 9.59 Å². The van der Waals surface area contributed by atoms with Crippen LogP contribution < -0.4 is 0 Å². The highest BCUT2D eigenvalue weighted by molar-refractivity contribution is 6.35. The number of nitrogens with zero attached hydrogens (tertiary/aromatic N) is 2. The summed E-state index contributed by atoms with van der Waals surface area (Å²) in [6.45, 7) is 7.75. The summed E-state index contributed by atoms with van der Waals surface area (Å²) < 4.78 is 0. The molecule has 0 aliphatic carbocycles. The smallest absolute Gasteiger partial charge is 0.312 e. The summed E-state index contributed by atoms with van der Waals surface area (Å²) in [7, 11) is 0. The molecule has 1 fully saturated rings. The maximum absolute atomic E-state index is 11.8. The Hall–Kier alpha value is -1.59. The lowest BCUT2D eigenvalue weighted by Crippen LogP contribution is -2.44. The first-order chi connectivity index (χ1) is 8.49. The molecule has 1 saturated heterocycles. The SMILES string of the molecule is CCCN1CCCN(C(C)C)C(=O)C1=O.O=CO. The largest absolute Gasteiger partial charge is 0.483 e. The Morgan fingerprint density at radius 2 is 1.83 bits per heavy atom. The van der Waals surface area contributed by atoms with Crippen molar-refractivity contribution in [2.75, 3.05) is 19.6 Å². The standard InChI is InChI=1S/C11H20N2O2.CH2O2/c1-4-6-12-7-5-8-13(9(2)3)11(15)10(12)14;2-1-3/h9H,4-8H2,1-3H3;1H,(H,2,3). The number of rotatable bonds is 3. The fourth-order valence-corrected chi connectivity index (χ4v) is 1.87. The molecule has 0 spiro atoms. The lowest BCUT2D eigenvalue weighted by molar-refractivity contribution is -0.151. The topological polar surface area (TPSA) is 77.9 Å². The fraction of sp³-hybridized carbons (Fsp3) is 0.750. The third-order valence-corrected chi connectivity index (χ3v) is 2.67. The molecule has 0 aromatic carbocycles. The van der Waals surface area contributed by atoms with Crippen LogP contribution >= 0.6 is 0 Å². The van der Waals surface area contributed by atoms with Gasteiger partial charge in [0, 0.05) is 25.7 Å². The molecule has 6 nitrogen and oxygen atoms in total.